The second-order valence-electron chi connectivity index (χ2n) is 7.74. The average Bonchev–Trinajstić information content (AvgIpc) is 2.88. The van der Waals surface area contributed by atoms with Crippen LogP contribution in [0.2, 0.25) is 0 Å². The Balaban J connectivity index is 1.75. The number of fused-ring (bicyclic) bond motifs is 5. The van der Waals surface area contributed by atoms with Gasteiger partial charge in [-0.15, -0.1) is 0 Å². The van der Waals surface area contributed by atoms with E-state index in [1.54, 1.807) is 7.11 Å². The lowest BCUT2D eigenvalue weighted by molar-refractivity contribution is -0.129. The van der Waals surface area contributed by atoms with Gasteiger partial charge in [-0.05, 0) is 73.1 Å². The topological polar surface area (TPSA) is 43.4 Å². The number of methoxy groups -OCH3 is 1. The molecule has 1 aromatic rings. The Morgan fingerprint density at radius 1 is 1.22 bits per heavy atom. The van der Waals surface area contributed by atoms with Gasteiger partial charge in [-0.25, -0.2) is 0 Å². The highest BCUT2D eigenvalue weighted by Gasteiger charge is 2.54. The molecule has 0 aliphatic heterocycles. The van der Waals surface area contributed by atoms with E-state index in [9.17, 15) is 9.59 Å². The van der Waals surface area contributed by atoms with Gasteiger partial charge >= 0.3 is 0 Å². The first kappa shape index (κ1) is 14.9. The molecule has 1 aromatic carbocycles. The first-order valence-electron chi connectivity index (χ1n) is 8.77. The lowest BCUT2D eigenvalue weighted by Gasteiger charge is -2.48. The van der Waals surface area contributed by atoms with Crippen LogP contribution in [0.1, 0.15) is 66.4 Å². The van der Waals surface area contributed by atoms with Gasteiger partial charge in [0.05, 0.1) is 12.7 Å². The van der Waals surface area contributed by atoms with Crippen LogP contribution in [0.4, 0.5) is 0 Å². The van der Waals surface area contributed by atoms with E-state index in [0.29, 0.717) is 34.8 Å². The maximum Gasteiger partial charge on any atom is 0.153 e. The molecule has 0 aromatic heterocycles. The van der Waals surface area contributed by atoms with Gasteiger partial charge in [-0.3, -0.25) is 9.59 Å². The molecule has 4 atom stereocenters. The number of ketones is 1. The van der Waals surface area contributed by atoms with Gasteiger partial charge in [0.1, 0.15) is 11.5 Å². The van der Waals surface area contributed by atoms with Gasteiger partial charge in [-0.1, -0.05) is 6.92 Å². The molecule has 2 saturated carbocycles. The fourth-order valence-corrected chi connectivity index (χ4v) is 5.66. The molecule has 3 aliphatic rings. The van der Waals surface area contributed by atoms with Crippen LogP contribution < -0.4 is 4.74 Å². The zero-order chi connectivity index (χ0) is 16.2. The predicted octanol–water partition coefficient (Wildman–Crippen LogP) is 3.93. The lowest BCUT2D eigenvalue weighted by Crippen LogP contribution is -2.42. The van der Waals surface area contributed by atoms with E-state index in [1.165, 1.54) is 11.1 Å². The Morgan fingerprint density at radius 2 is 2.04 bits per heavy atom. The van der Waals surface area contributed by atoms with Crippen molar-refractivity contribution < 1.29 is 14.3 Å². The van der Waals surface area contributed by atoms with Crippen LogP contribution in [0.5, 0.6) is 5.75 Å². The van der Waals surface area contributed by atoms with Crippen LogP contribution in [-0.2, 0) is 11.2 Å². The summed E-state index contributed by atoms with van der Waals surface area (Å²) in [6.07, 6.45) is 6.99. The average molecular weight is 312 g/mol. The van der Waals surface area contributed by atoms with Crippen molar-refractivity contribution >= 4 is 12.1 Å². The van der Waals surface area contributed by atoms with E-state index < -0.39 is 0 Å². The molecule has 0 unspecified atom stereocenters. The van der Waals surface area contributed by atoms with Gasteiger partial charge in [0.2, 0.25) is 0 Å². The maximum atomic E-state index is 12.4. The van der Waals surface area contributed by atoms with Crippen LogP contribution in [-0.4, -0.2) is 19.2 Å². The van der Waals surface area contributed by atoms with E-state index in [-0.39, 0.29) is 5.41 Å². The van der Waals surface area contributed by atoms with Crippen LogP contribution in [0.25, 0.3) is 0 Å². The number of hydrogen-bond acceptors (Lipinski definition) is 3. The third-order valence-corrected chi connectivity index (χ3v) is 6.91. The predicted molar refractivity (Wildman–Crippen MR) is 88.0 cm³/mol. The number of benzene rings is 1. The molecule has 3 aliphatic carbocycles. The Bertz CT molecular complexity index is 678. The summed E-state index contributed by atoms with van der Waals surface area (Å²) in [6.45, 7) is 2.20. The third kappa shape index (κ3) is 2.02. The Kier molecular flexibility index (Phi) is 3.36. The molecule has 0 amide bonds. The monoisotopic (exact) mass is 312 g/mol. The molecule has 4 rings (SSSR count). The molecule has 0 spiro atoms. The quantitative estimate of drug-likeness (QED) is 0.777. The minimum atomic E-state index is -0.0847. The summed E-state index contributed by atoms with van der Waals surface area (Å²) in [6, 6.07) is 4.11. The van der Waals surface area contributed by atoms with Gasteiger partial charge in [0.15, 0.2) is 6.29 Å². The SMILES string of the molecule is COc1cc2c(cc1C=O)[C@H]1CC[C@]3(C)C(=O)CC[C@H]3[C@@H]1CC2. The Hall–Kier alpha value is -1.64. The smallest absolute Gasteiger partial charge is 0.153 e. The second kappa shape index (κ2) is 5.19. The molecular weight excluding hydrogens is 288 g/mol. The summed E-state index contributed by atoms with van der Waals surface area (Å²) >= 11 is 0. The molecule has 2 fully saturated rings. The van der Waals surface area contributed by atoms with E-state index in [1.807, 2.05) is 0 Å². The Morgan fingerprint density at radius 3 is 2.78 bits per heavy atom. The number of ether oxygens (including phenoxy) is 1. The number of Topliss-reactive ketones (excluding diaryl/α,β-unsaturated/α-hetero) is 1. The lowest BCUT2D eigenvalue weighted by atomic mass is 9.55. The van der Waals surface area contributed by atoms with E-state index in [4.69, 9.17) is 4.74 Å². The highest BCUT2D eigenvalue weighted by molar-refractivity contribution is 5.87. The molecule has 0 N–H and O–H groups in total. The van der Waals surface area contributed by atoms with Crippen molar-refractivity contribution in [2.45, 2.75) is 51.4 Å². The number of rotatable bonds is 2. The molecule has 3 nitrogen and oxygen atoms in total. The number of hydrogen-bond donors (Lipinski definition) is 0. The summed E-state index contributed by atoms with van der Waals surface area (Å²) in [7, 11) is 1.62. The van der Waals surface area contributed by atoms with Gasteiger partial charge in [0.25, 0.3) is 0 Å². The van der Waals surface area contributed by atoms with Gasteiger partial charge in [0, 0.05) is 11.8 Å². The summed E-state index contributed by atoms with van der Waals surface area (Å²) < 4.78 is 5.36. The summed E-state index contributed by atoms with van der Waals surface area (Å²) in [4.78, 5) is 23.8. The second-order valence-corrected chi connectivity index (χ2v) is 7.74. The third-order valence-electron chi connectivity index (χ3n) is 6.91. The maximum absolute atomic E-state index is 12.4. The van der Waals surface area contributed by atoms with Crippen molar-refractivity contribution in [1.29, 1.82) is 0 Å². The number of carbonyl (C=O) groups excluding carboxylic acids is 2. The normalized spacial score (nSPS) is 35.2. The molecule has 0 heterocycles. The summed E-state index contributed by atoms with van der Waals surface area (Å²) in [5, 5.41) is 0. The highest BCUT2D eigenvalue weighted by Crippen LogP contribution is 2.59. The molecule has 23 heavy (non-hydrogen) atoms. The molecule has 122 valence electrons. The van der Waals surface area contributed by atoms with Crippen LogP contribution in [0.15, 0.2) is 12.1 Å². The molecular formula is C20H24O3. The molecule has 3 heteroatoms. The molecule has 0 bridgehead atoms. The van der Waals surface area contributed by atoms with Crippen molar-refractivity contribution in [3.63, 3.8) is 0 Å². The van der Waals surface area contributed by atoms with Gasteiger partial charge < -0.3 is 4.74 Å². The van der Waals surface area contributed by atoms with Crippen molar-refractivity contribution in [3.05, 3.63) is 28.8 Å². The highest BCUT2D eigenvalue weighted by atomic mass is 16.5. The van der Waals surface area contributed by atoms with Crippen LogP contribution >= 0.6 is 0 Å². The van der Waals surface area contributed by atoms with E-state index >= 15 is 0 Å². The van der Waals surface area contributed by atoms with Gasteiger partial charge in [-0.2, -0.15) is 0 Å². The van der Waals surface area contributed by atoms with Crippen LogP contribution in [0, 0.1) is 17.3 Å². The fourth-order valence-electron chi connectivity index (χ4n) is 5.66. The van der Waals surface area contributed by atoms with Crippen LogP contribution in [0.3, 0.4) is 0 Å². The summed E-state index contributed by atoms with van der Waals surface area (Å²) in [5.41, 5.74) is 3.24. The first-order chi connectivity index (χ1) is 11.1. The van der Waals surface area contributed by atoms with E-state index in [2.05, 4.69) is 19.1 Å². The zero-order valence-electron chi connectivity index (χ0n) is 13.9. The summed E-state index contributed by atoms with van der Waals surface area (Å²) in [5.74, 6) is 2.81. The minimum absolute atomic E-state index is 0.0847. The number of aldehydes is 1. The number of aryl methyl sites for hydroxylation is 1. The minimum Gasteiger partial charge on any atom is -0.496 e. The standard InChI is InChI=1S/C20H24O3/c1-20-8-7-14-15(17(20)5-6-19(20)22)4-3-12-10-18(23-2)13(11-21)9-16(12)14/h9-11,14-15,17H,3-8H2,1-2H3/t14-,15+,17-,20-/m0/s1. The van der Waals surface area contributed by atoms with Crippen molar-refractivity contribution in [3.8, 4) is 5.75 Å². The molecule has 0 saturated heterocycles. The van der Waals surface area contributed by atoms with Crippen molar-refractivity contribution in [1.82, 2.24) is 0 Å². The van der Waals surface area contributed by atoms with E-state index in [0.717, 1.165) is 44.8 Å². The van der Waals surface area contributed by atoms with Crippen molar-refractivity contribution in [2.75, 3.05) is 7.11 Å². The number of carbonyl (C=O) groups is 2. The molecule has 0 radical (unpaired) electrons. The fraction of sp³-hybridized carbons (Fsp3) is 0.600. The largest absolute Gasteiger partial charge is 0.496 e. The van der Waals surface area contributed by atoms with Crippen molar-refractivity contribution in [2.24, 2.45) is 17.3 Å². The first-order valence-corrected chi connectivity index (χ1v) is 8.77. The Labute approximate surface area is 137 Å². The zero-order valence-corrected chi connectivity index (χ0v) is 13.9.